The molecule has 0 bridgehead atoms. The highest BCUT2D eigenvalue weighted by atomic mass is 16.5. The lowest BCUT2D eigenvalue weighted by Crippen LogP contribution is -2.32. The number of benzene rings is 2. The average molecular weight is 403 g/mol. The van der Waals surface area contributed by atoms with E-state index in [0.717, 1.165) is 5.56 Å². The number of para-hydroxylation sites is 1. The molecule has 0 saturated carbocycles. The van der Waals surface area contributed by atoms with Gasteiger partial charge in [-0.15, -0.1) is 0 Å². The summed E-state index contributed by atoms with van der Waals surface area (Å²) in [5.74, 6) is 1.30. The topological polar surface area (TPSA) is 105 Å². The monoisotopic (exact) mass is 403 g/mol. The molecule has 8 heteroatoms. The number of carbonyl (C=O) groups excluding carboxylic acids is 1. The van der Waals surface area contributed by atoms with Crippen LogP contribution in [0.2, 0.25) is 0 Å². The second-order valence-electron chi connectivity index (χ2n) is 6.82. The Labute approximate surface area is 172 Å². The highest BCUT2D eigenvalue weighted by Gasteiger charge is 2.16. The van der Waals surface area contributed by atoms with Crippen LogP contribution < -0.4 is 5.56 Å². The number of H-pyrrole nitrogens is 1. The van der Waals surface area contributed by atoms with Gasteiger partial charge >= 0.3 is 0 Å². The van der Waals surface area contributed by atoms with Crippen LogP contribution in [-0.4, -0.2) is 37.5 Å². The zero-order valence-electron chi connectivity index (χ0n) is 16.5. The van der Waals surface area contributed by atoms with Crippen molar-refractivity contribution >= 4 is 16.8 Å². The lowest BCUT2D eigenvalue weighted by Gasteiger charge is -2.20. The first-order valence-electron chi connectivity index (χ1n) is 9.77. The van der Waals surface area contributed by atoms with Gasteiger partial charge in [-0.2, -0.15) is 4.98 Å². The van der Waals surface area contributed by atoms with Crippen molar-refractivity contribution in [2.45, 2.75) is 26.3 Å². The number of fused-ring (bicyclic) bond motifs is 1. The Kier molecular flexibility index (Phi) is 5.65. The second kappa shape index (κ2) is 8.69. The minimum Gasteiger partial charge on any atom is -0.339 e. The van der Waals surface area contributed by atoms with Crippen molar-refractivity contribution in [2.75, 3.05) is 6.54 Å². The highest BCUT2D eigenvalue weighted by Crippen LogP contribution is 2.16. The molecule has 4 aromatic rings. The van der Waals surface area contributed by atoms with Crippen LogP contribution in [0, 0.1) is 0 Å². The summed E-state index contributed by atoms with van der Waals surface area (Å²) in [7, 11) is 0. The van der Waals surface area contributed by atoms with Crippen molar-refractivity contribution in [3.8, 4) is 11.4 Å². The van der Waals surface area contributed by atoms with E-state index in [-0.39, 0.29) is 24.4 Å². The van der Waals surface area contributed by atoms with Crippen LogP contribution >= 0.6 is 0 Å². The minimum atomic E-state index is -0.210. The number of nitrogens with zero attached hydrogens (tertiary/aromatic N) is 4. The van der Waals surface area contributed by atoms with E-state index in [1.165, 1.54) is 0 Å². The first-order valence-corrected chi connectivity index (χ1v) is 9.77. The van der Waals surface area contributed by atoms with Gasteiger partial charge < -0.3 is 14.4 Å². The first kappa shape index (κ1) is 19.5. The standard InChI is InChI=1S/C22H21N5O3/c1-2-27(14-18-23-17-11-7-6-10-16(17)22(29)24-18)20(28)13-12-19-25-21(26-30-19)15-8-4-3-5-9-15/h3-11H,2,12-14H2,1H3,(H,23,24,29). The molecule has 0 unspecified atom stereocenters. The minimum absolute atomic E-state index is 0.0761. The molecule has 4 rings (SSSR count). The van der Waals surface area contributed by atoms with Crippen LogP contribution in [0.5, 0.6) is 0 Å². The number of aromatic amines is 1. The van der Waals surface area contributed by atoms with Crippen molar-refractivity contribution in [2.24, 2.45) is 0 Å². The summed E-state index contributed by atoms with van der Waals surface area (Å²) in [5.41, 5.74) is 1.26. The molecule has 1 N–H and O–H groups in total. The molecule has 0 aliphatic carbocycles. The quantitative estimate of drug-likeness (QED) is 0.509. The van der Waals surface area contributed by atoms with Gasteiger partial charge in [0.2, 0.25) is 17.6 Å². The van der Waals surface area contributed by atoms with Crippen LogP contribution in [0.3, 0.4) is 0 Å². The van der Waals surface area contributed by atoms with Crippen LogP contribution in [0.15, 0.2) is 63.9 Å². The Bertz CT molecular complexity index is 1220. The van der Waals surface area contributed by atoms with Gasteiger partial charge in [0.1, 0.15) is 5.82 Å². The molecule has 30 heavy (non-hydrogen) atoms. The van der Waals surface area contributed by atoms with Gasteiger partial charge in [-0.05, 0) is 19.1 Å². The summed E-state index contributed by atoms with van der Waals surface area (Å²) in [6.45, 7) is 2.61. The van der Waals surface area contributed by atoms with Gasteiger partial charge in [-0.1, -0.05) is 47.6 Å². The van der Waals surface area contributed by atoms with Crippen LogP contribution in [-0.2, 0) is 17.8 Å². The largest absolute Gasteiger partial charge is 0.339 e. The molecule has 0 spiro atoms. The molecule has 2 aromatic heterocycles. The third kappa shape index (κ3) is 4.27. The Balaban J connectivity index is 1.41. The third-order valence-electron chi connectivity index (χ3n) is 4.79. The molecule has 152 valence electrons. The van der Waals surface area contributed by atoms with Crippen LogP contribution in [0.25, 0.3) is 22.3 Å². The predicted molar refractivity (Wildman–Crippen MR) is 112 cm³/mol. The smallest absolute Gasteiger partial charge is 0.258 e. The molecule has 0 atom stereocenters. The molecule has 0 aliphatic rings. The zero-order valence-corrected chi connectivity index (χ0v) is 16.5. The Morgan fingerprint density at radius 2 is 1.83 bits per heavy atom. The average Bonchev–Trinajstić information content (AvgIpc) is 3.25. The molecular formula is C22H21N5O3. The van der Waals surface area contributed by atoms with Crippen molar-refractivity contribution in [1.29, 1.82) is 0 Å². The fraction of sp³-hybridized carbons (Fsp3) is 0.227. The number of aryl methyl sites for hydroxylation is 1. The van der Waals surface area contributed by atoms with E-state index >= 15 is 0 Å². The number of rotatable bonds is 7. The fourth-order valence-electron chi connectivity index (χ4n) is 3.20. The number of aromatic nitrogens is 4. The van der Waals surface area contributed by atoms with Crippen LogP contribution in [0.1, 0.15) is 25.1 Å². The second-order valence-corrected chi connectivity index (χ2v) is 6.82. The molecule has 0 aliphatic heterocycles. The molecule has 0 saturated heterocycles. The number of amides is 1. The fourth-order valence-corrected chi connectivity index (χ4v) is 3.20. The third-order valence-corrected chi connectivity index (χ3v) is 4.79. The molecule has 0 radical (unpaired) electrons. The highest BCUT2D eigenvalue weighted by molar-refractivity contribution is 5.78. The predicted octanol–water partition coefficient (Wildman–Crippen LogP) is 2.95. The van der Waals surface area contributed by atoms with E-state index in [0.29, 0.717) is 41.4 Å². The summed E-state index contributed by atoms with van der Waals surface area (Å²) in [4.78, 5) is 38.2. The lowest BCUT2D eigenvalue weighted by atomic mass is 10.2. The molecule has 1 amide bonds. The number of hydrogen-bond donors (Lipinski definition) is 1. The summed E-state index contributed by atoms with van der Waals surface area (Å²) in [6.07, 6.45) is 0.568. The summed E-state index contributed by atoms with van der Waals surface area (Å²) < 4.78 is 5.27. The van der Waals surface area contributed by atoms with Crippen molar-refractivity contribution in [1.82, 2.24) is 25.0 Å². The Hall–Kier alpha value is -3.81. The van der Waals surface area contributed by atoms with Gasteiger partial charge in [0, 0.05) is 24.9 Å². The normalized spacial score (nSPS) is 11.0. The molecular weight excluding hydrogens is 382 g/mol. The molecule has 2 heterocycles. The van der Waals surface area contributed by atoms with E-state index in [1.54, 1.807) is 23.1 Å². The summed E-state index contributed by atoms with van der Waals surface area (Å²) in [6, 6.07) is 16.6. The number of hydrogen-bond acceptors (Lipinski definition) is 6. The van der Waals surface area contributed by atoms with Gasteiger partial charge in [0.05, 0.1) is 17.4 Å². The molecule has 0 fully saturated rings. The van der Waals surface area contributed by atoms with E-state index < -0.39 is 0 Å². The lowest BCUT2D eigenvalue weighted by molar-refractivity contribution is -0.131. The maximum atomic E-state index is 12.7. The number of carbonyl (C=O) groups is 1. The summed E-state index contributed by atoms with van der Waals surface area (Å²) >= 11 is 0. The van der Waals surface area contributed by atoms with E-state index in [1.807, 2.05) is 43.3 Å². The maximum Gasteiger partial charge on any atom is 0.258 e. The van der Waals surface area contributed by atoms with Crippen molar-refractivity contribution in [3.05, 3.63) is 76.7 Å². The first-order chi connectivity index (χ1) is 14.6. The zero-order chi connectivity index (χ0) is 20.9. The SMILES string of the molecule is CCN(Cc1nc2ccccc2c(=O)[nH]1)C(=O)CCc1nc(-c2ccccc2)no1. The van der Waals surface area contributed by atoms with Crippen molar-refractivity contribution < 1.29 is 9.32 Å². The van der Waals surface area contributed by atoms with Gasteiger partial charge in [-0.3, -0.25) is 9.59 Å². The molecule has 2 aromatic carbocycles. The molecule has 8 nitrogen and oxygen atoms in total. The van der Waals surface area contributed by atoms with E-state index in [4.69, 9.17) is 4.52 Å². The maximum absolute atomic E-state index is 12.7. The van der Waals surface area contributed by atoms with Gasteiger partial charge in [0.15, 0.2) is 0 Å². The Morgan fingerprint density at radius 1 is 1.07 bits per heavy atom. The van der Waals surface area contributed by atoms with Crippen molar-refractivity contribution in [3.63, 3.8) is 0 Å². The Morgan fingerprint density at radius 3 is 2.63 bits per heavy atom. The summed E-state index contributed by atoms with van der Waals surface area (Å²) in [5, 5.41) is 4.50. The van der Waals surface area contributed by atoms with Gasteiger partial charge in [0.25, 0.3) is 5.56 Å². The van der Waals surface area contributed by atoms with E-state index in [2.05, 4.69) is 20.1 Å². The van der Waals surface area contributed by atoms with Crippen LogP contribution in [0.4, 0.5) is 0 Å². The van der Waals surface area contributed by atoms with Gasteiger partial charge in [-0.25, -0.2) is 4.98 Å². The number of nitrogens with one attached hydrogen (secondary N) is 1. The van der Waals surface area contributed by atoms with E-state index in [9.17, 15) is 9.59 Å².